The molecule has 0 spiro atoms. The van der Waals surface area contributed by atoms with E-state index in [2.05, 4.69) is 67.3 Å². The van der Waals surface area contributed by atoms with Gasteiger partial charge in [-0.15, -0.1) is 22.7 Å². The van der Waals surface area contributed by atoms with Crippen molar-refractivity contribution in [2.75, 3.05) is 0 Å². The number of hydrogen-bond acceptors (Lipinski definition) is 4. The molecule has 0 aliphatic rings. The number of hydrogen-bond donors (Lipinski definition) is 1. The van der Waals surface area contributed by atoms with Crippen molar-refractivity contribution in [2.24, 2.45) is 0 Å². The van der Waals surface area contributed by atoms with Crippen LogP contribution in [0.2, 0.25) is 0 Å². The zero-order valence-corrected chi connectivity index (χ0v) is 15.8. The van der Waals surface area contributed by atoms with Gasteiger partial charge in [0.05, 0.1) is 10.7 Å². The zero-order valence-electron chi connectivity index (χ0n) is 12.6. The Morgan fingerprint density at radius 1 is 1.40 bits per heavy atom. The number of aryl methyl sites for hydroxylation is 1. The first-order valence-electron chi connectivity index (χ1n) is 6.71. The number of thiazole rings is 1. The molecule has 2 aromatic rings. The van der Waals surface area contributed by atoms with Gasteiger partial charge in [0.2, 0.25) is 0 Å². The molecule has 0 bridgehead atoms. The second-order valence-corrected chi connectivity index (χ2v) is 8.99. The molecule has 5 heteroatoms. The third-order valence-electron chi connectivity index (χ3n) is 3.07. The molecule has 0 aromatic carbocycles. The third-order valence-corrected chi connectivity index (χ3v) is 6.54. The monoisotopic (exact) mass is 372 g/mol. The van der Waals surface area contributed by atoms with Crippen molar-refractivity contribution in [1.29, 1.82) is 0 Å². The quantitative estimate of drug-likeness (QED) is 0.774. The first kappa shape index (κ1) is 16.1. The number of thiophene rings is 1. The summed E-state index contributed by atoms with van der Waals surface area (Å²) in [6.07, 6.45) is 0. The molecule has 2 nitrogen and oxygen atoms in total. The number of aromatic nitrogens is 1. The van der Waals surface area contributed by atoms with E-state index < -0.39 is 0 Å². The molecule has 0 saturated heterocycles. The topological polar surface area (TPSA) is 24.9 Å². The molecule has 2 heterocycles. The highest BCUT2D eigenvalue weighted by atomic mass is 79.9. The highest BCUT2D eigenvalue weighted by Gasteiger charge is 2.22. The minimum Gasteiger partial charge on any atom is -0.304 e. The van der Waals surface area contributed by atoms with Crippen molar-refractivity contribution in [3.8, 4) is 0 Å². The summed E-state index contributed by atoms with van der Waals surface area (Å²) in [5.74, 6) is 0. The van der Waals surface area contributed by atoms with Crippen LogP contribution >= 0.6 is 38.6 Å². The molecule has 0 aliphatic heterocycles. The zero-order chi connectivity index (χ0) is 14.9. The highest BCUT2D eigenvalue weighted by Crippen LogP contribution is 2.32. The molecule has 20 heavy (non-hydrogen) atoms. The lowest BCUT2D eigenvalue weighted by Crippen LogP contribution is -2.17. The van der Waals surface area contributed by atoms with Crippen molar-refractivity contribution >= 4 is 38.6 Å². The third kappa shape index (κ3) is 3.91. The molecule has 1 atom stereocenters. The fourth-order valence-electron chi connectivity index (χ4n) is 1.92. The van der Waals surface area contributed by atoms with Crippen LogP contribution in [0.5, 0.6) is 0 Å². The summed E-state index contributed by atoms with van der Waals surface area (Å²) >= 11 is 7.11. The van der Waals surface area contributed by atoms with Gasteiger partial charge in [-0.1, -0.05) is 20.8 Å². The standard InChI is InChI=1S/C15H21BrN2S2/c1-9(17-7-12-6-11(16)8-19-12)13-10(2)18-14(20-13)15(3,4)5/h6,8-9,17H,7H2,1-5H3. The molecule has 1 N–H and O–H groups in total. The largest absolute Gasteiger partial charge is 0.304 e. The van der Waals surface area contributed by atoms with Crippen LogP contribution in [-0.4, -0.2) is 4.98 Å². The SMILES string of the molecule is Cc1nc(C(C)(C)C)sc1C(C)NCc1cc(Br)cs1. The van der Waals surface area contributed by atoms with Gasteiger partial charge in [0.1, 0.15) is 0 Å². The van der Waals surface area contributed by atoms with Crippen LogP contribution in [0.4, 0.5) is 0 Å². The molecule has 2 aromatic heterocycles. The Hall–Kier alpha value is -0.230. The Morgan fingerprint density at radius 2 is 2.10 bits per heavy atom. The molecule has 0 fully saturated rings. The van der Waals surface area contributed by atoms with Gasteiger partial charge in [-0.2, -0.15) is 0 Å². The number of rotatable bonds is 4. The summed E-state index contributed by atoms with van der Waals surface area (Å²) in [5.41, 5.74) is 1.29. The Balaban J connectivity index is 2.05. The second-order valence-electron chi connectivity index (χ2n) is 6.05. The van der Waals surface area contributed by atoms with E-state index in [1.54, 1.807) is 11.3 Å². The van der Waals surface area contributed by atoms with E-state index in [0.717, 1.165) is 16.7 Å². The number of halogens is 1. The molecular formula is C15H21BrN2S2. The van der Waals surface area contributed by atoms with E-state index in [0.29, 0.717) is 6.04 Å². The molecule has 2 rings (SSSR count). The Bertz CT molecular complexity index is 581. The molecule has 0 saturated carbocycles. The smallest absolute Gasteiger partial charge is 0.0985 e. The number of nitrogens with one attached hydrogen (secondary N) is 1. The molecular weight excluding hydrogens is 352 g/mol. The lowest BCUT2D eigenvalue weighted by Gasteiger charge is -2.14. The van der Waals surface area contributed by atoms with Gasteiger partial charge in [-0.05, 0) is 35.8 Å². The Morgan fingerprint density at radius 3 is 2.60 bits per heavy atom. The van der Waals surface area contributed by atoms with Crippen molar-refractivity contribution in [2.45, 2.75) is 52.6 Å². The highest BCUT2D eigenvalue weighted by molar-refractivity contribution is 9.10. The fraction of sp³-hybridized carbons (Fsp3) is 0.533. The summed E-state index contributed by atoms with van der Waals surface area (Å²) in [4.78, 5) is 7.44. The van der Waals surface area contributed by atoms with Gasteiger partial charge in [0.15, 0.2) is 0 Å². The van der Waals surface area contributed by atoms with E-state index >= 15 is 0 Å². The van der Waals surface area contributed by atoms with E-state index in [1.165, 1.54) is 14.8 Å². The molecule has 110 valence electrons. The van der Waals surface area contributed by atoms with Crippen molar-refractivity contribution in [3.63, 3.8) is 0 Å². The van der Waals surface area contributed by atoms with Crippen molar-refractivity contribution in [3.05, 3.63) is 36.4 Å². The second kappa shape index (κ2) is 6.26. The van der Waals surface area contributed by atoms with Gasteiger partial charge < -0.3 is 5.32 Å². The molecule has 0 aliphatic carbocycles. The van der Waals surface area contributed by atoms with Gasteiger partial charge >= 0.3 is 0 Å². The van der Waals surface area contributed by atoms with Gasteiger partial charge in [0.25, 0.3) is 0 Å². The fourth-order valence-corrected chi connectivity index (χ4v) is 4.48. The molecule has 0 radical (unpaired) electrons. The maximum absolute atomic E-state index is 4.74. The van der Waals surface area contributed by atoms with E-state index in [-0.39, 0.29) is 5.41 Å². The number of nitrogens with zero attached hydrogens (tertiary/aromatic N) is 1. The average molecular weight is 373 g/mol. The van der Waals surface area contributed by atoms with Crippen LogP contribution in [0.1, 0.15) is 54.2 Å². The Labute approximate surface area is 137 Å². The van der Waals surface area contributed by atoms with Gasteiger partial charge in [0, 0.05) is 37.6 Å². The van der Waals surface area contributed by atoms with Crippen LogP contribution < -0.4 is 5.32 Å². The first-order chi connectivity index (χ1) is 9.27. The van der Waals surface area contributed by atoms with Crippen LogP contribution in [0.25, 0.3) is 0 Å². The minimum atomic E-state index is 0.131. The van der Waals surface area contributed by atoms with Crippen LogP contribution in [0.3, 0.4) is 0 Å². The predicted octanol–water partition coefficient (Wildman–Crippen LogP) is 5.42. The lowest BCUT2D eigenvalue weighted by atomic mass is 9.98. The van der Waals surface area contributed by atoms with Gasteiger partial charge in [-0.25, -0.2) is 4.98 Å². The van der Waals surface area contributed by atoms with E-state index in [4.69, 9.17) is 4.98 Å². The van der Waals surface area contributed by atoms with Crippen LogP contribution in [-0.2, 0) is 12.0 Å². The van der Waals surface area contributed by atoms with E-state index in [1.807, 2.05) is 11.3 Å². The summed E-state index contributed by atoms with van der Waals surface area (Å²) in [6.45, 7) is 11.9. The molecule has 1 unspecified atom stereocenters. The minimum absolute atomic E-state index is 0.131. The predicted molar refractivity (Wildman–Crippen MR) is 92.8 cm³/mol. The van der Waals surface area contributed by atoms with E-state index in [9.17, 15) is 0 Å². The lowest BCUT2D eigenvalue weighted by molar-refractivity contribution is 0.580. The normalized spacial score (nSPS) is 13.7. The summed E-state index contributed by atoms with van der Waals surface area (Å²) in [7, 11) is 0. The maximum atomic E-state index is 4.74. The van der Waals surface area contributed by atoms with Crippen molar-refractivity contribution in [1.82, 2.24) is 10.3 Å². The summed E-state index contributed by atoms with van der Waals surface area (Å²) in [6, 6.07) is 2.51. The Kier molecular flexibility index (Phi) is 5.05. The van der Waals surface area contributed by atoms with Crippen molar-refractivity contribution < 1.29 is 0 Å². The van der Waals surface area contributed by atoms with Crippen LogP contribution in [0, 0.1) is 6.92 Å². The molecule has 0 amide bonds. The van der Waals surface area contributed by atoms with Crippen LogP contribution in [0.15, 0.2) is 15.9 Å². The summed E-state index contributed by atoms with van der Waals surface area (Å²) in [5, 5.41) is 6.94. The average Bonchev–Trinajstić information content (AvgIpc) is 2.92. The summed E-state index contributed by atoms with van der Waals surface area (Å²) < 4.78 is 1.16. The van der Waals surface area contributed by atoms with Gasteiger partial charge in [-0.3, -0.25) is 0 Å². The first-order valence-corrected chi connectivity index (χ1v) is 9.20. The maximum Gasteiger partial charge on any atom is 0.0985 e.